The molecule has 1 heterocycles. The predicted molar refractivity (Wildman–Crippen MR) is 59.5 cm³/mol. The predicted octanol–water partition coefficient (Wildman–Crippen LogP) is 1.53. The Labute approximate surface area is 98.2 Å². The molecule has 0 spiro atoms. The van der Waals surface area contributed by atoms with Gasteiger partial charge in [-0.1, -0.05) is 0 Å². The molecule has 0 aromatic heterocycles. The minimum absolute atomic E-state index is 0.0939. The number of hydrogen-bond acceptors (Lipinski definition) is 2. The van der Waals surface area contributed by atoms with Gasteiger partial charge in [0.1, 0.15) is 11.6 Å². The molecule has 1 saturated heterocycles. The largest absolute Gasteiger partial charge is 0.338 e. The fourth-order valence-electron chi connectivity index (χ4n) is 1.93. The average molecular weight is 240 g/mol. The molecule has 1 aromatic carbocycles. The molecule has 2 rings (SSSR count). The molecule has 1 aromatic rings. The SMILES string of the molecule is NC1CCN(C(=O)c2cc(F)ccc2F)CC1. The Morgan fingerprint density at radius 3 is 2.59 bits per heavy atom. The molecule has 3 nitrogen and oxygen atoms in total. The Morgan fingerprint density at radius 1 is 1.29 bits per heavy atom. The molecule has 1 fully saturated rings. The molecular formula is C12H14F2N2O. The van der Waals surface area contributed by atoms with Crippen LogP contribution in [0.3, 0.4) is 0 Å². The van der Waals surface area contributed by atoms with Gasteiger partial charge >= 0.3 is 0 Å². The lowest BCUT2D eigenvalue weighted by atomic mass is 10.0. The lowest BCUT2D eigenvalue weighted by molar-refractivity contribution is 0.0709. The van der Waals surface area contributed by atoms with Crippen molar-refractivity contribution in [3.05, 3.63) is 35.4 Å². The fourth-order valence-corrected chi connectivity index (χ4v) is 1.93. The zero-order chi connectivity index (χ0) is 12.4. The number of likely N-dealkylation sites (tertiary alicyclic amines) is 1. The van der Waals surface area contributed by atoms with Gasteiger partial charge in [-0.25, -0.2) is 8.78 Å². The molecule has 1 aliphatic rings. The maximum atomic E-state index is 13.4. The third-order valence-corrected chi connectivity index (χ3v) is 2.99. The summed E-state index contributed by atoms with van der Waals surface area (Å²) in [6.07, 6.45) is 1.39. The summed E-state index contributed by atoms with van der Waals surface area (Å²) >= 11 is 0. The van der Waals surface area contributed by atoms with E-state index in [4.69, 9.17) is 5.73 Å². The van der Waals surface area contributed by atoms with Crippen LogP contribution in [0.1, 0.15) is 23.2 Å². The highest BCUT2D eigenvalue weighted by Gasteiger charge is 2.23. The molecule has 0 aliphatic carbocycles. The van der Waals surface area contributed by atoms with E-state index in [1.807, 2.05) is 0 Å². The quantitative estimate of drug-likeness (QED) is 0.809. The first-order valence-electron chi connectivity index (χ1n) is 5.58. The number of piperidine rings is 1. The molecule has 0 unspecified atom stereocenters. The van der Waals surface area contributed by atoms with Crippen LogP contribution in [0.4, 0.5) is 8.78 Å². The topological polar surface area (TPSA) is 46.3 Å². The zero-order valence-corrected chi connectivity index (χ0v) is 9.33. The molecule has 2 N–H and O–H groups in total. The number of nitrogens with two attached hydrogens (primary N) is 1. The van der Waals surface area contributed by atoms with Gasteiger partial charge in [0.2, 0.25) is 0 Å². The highest BCUT2D eigenvalue weighted by Crippen LogP contribution is 2.16. The third-order valence-electron chi connectivity index (χ3n) is 2.99. The fraction of sp³-hybridized carbons (Fsp3) is 0.417. The van der Waals surface area contributed by atoms with Gasteiger partial charge in [-0.15, -0.1) is 0 Å². The second-order valence-corrected chi connectivity index (χ2v) is 4.25. The Morgan fingerprint density at radius 2 is 1.94 bits per heavy atom. The van der Waals surface area contributed by atoms with Crippen molar-refractivity contribution in [2.45, 2.75) is 18.9 Å². The molecule has 0 saturated carbocycles. The molecular weight excluding hydrogens is 226 g/mol. The van der Waals surface area contributed by atoms with Crippen molar-refractivity contribution in [2.75, 3.05) is 13.1 Å². The molecule has 0 bridgehead atoms. The maximum absolute atomic E-state index is 13.4. The summed E-state index contributed by atoms with van der Waals surface area (Å²) in [5.41, 5.74) is 5.51. The first kappa shape index (κ1) is 12.0. The van der Waals surface area contributed by atoms with Gasteiger partial charge in [-0.3, -0.25) is 4.79 Å². The van der Waals surface area contributed by atoms with Crippen LogP contribution >= 0.6 is 0 Å². The van der Waals surface area contributed by atoms with E-state index in [1.54, 1.807) is 0 Å². The molecule has 0 radical (unpaired) electrons. The summed E-state index contributed by atoms with van der Waals surface area (Å²) < 4.78 is 26.4. The monoisotopic (exact) mass is 240 g/mol. The van der Waals surface area contributed by atoms with Crippen molar-refractivity contribution >= 4 is 5.91 Å². The van der Waals surface area contributed by atoms with E-state index in [1.165, 1.54) is 4.90 Å². The lowest BCUT2D eigenvalue weighted by Gasteiger charge is -2.30. The summed E-state index contributed by atoms with van der Waals surface area (Å²) in [5, 5.41) is 0. The third kappa shape index (κ3) is 2.61. The molecule has 5 heteroatoms. The van der Waals surface area contributed by atoms with E-state index in [2.05, 4.69) is 0 Å². The van der Waals surface area contributed by atoms with Crippen LogP contribution < -0.4 is 5.73 Å². The van der Waals surface area contributed by atoms with Gasteiger partial charge in [-0.05, 0) is 31.0 Å². The highest BCUT2D eigenvalue weighted by atomic mass is 19.1. The normalized spacial score (nSPS) is 17.2. The van der Waals surface area contributed by atoms with Crippen LogP contribution in [0, 0.1) is 11.6 Å². The number of halogens is 2. The average Bonchev–Trinajstić information content (AvgIpc) is 2.32. The molecule has 0 atom stereocenters. The highest BCUT2D eigenvalue weighted by molar-refractivity contribution is 5.94. The summed E-state index contributed by atoms with van der Waals surface area (Å²) in [4.78, 5) is 13.5. The van der Waals surface area contributed by atoms with Crippen molar-refractivity contribution in [3.63, 3.8) is 0 Å². The lowest BCUT2D eigenvalue weighted by Crippen LogP contribution is -2.43. The number of nitrogens with zero attached hydrogens (tertiary/aromatic N) is 1. The van der Waals surface area contributed by atoms with E-state index in [9.17, 15) is 13.6 Å². The number of hydrogen-bond donors (Lipinski definition) is 1. The van der Waals surface area contributed by atoms with Gasteiger partial charge in [0.25, 0.3) is 5.91 Å². The van der Waals surface area contributed by atoms with Gasteiger partial charge in [0.05, 0.1) is 5.56 Å². The Kier molecular flexibility index (Phi) is 3.38. The maximum Gasteiger partial charge on any atom is 0.256 e. The number of carbonyl (C=O) groups excluding carboxylic acids is 1. The van der Waals surface area contributed by atoms with Crippen LogP contribution in [0.15, 0.2) is 18.2 Å². The van der Waals surface area contributed by atoms with Crippen LogP contribution in [-0.4, -0.2) is 29.9 Å². The molecule has 1 aliphatic heterocycles. The van der Waals surface area contributed by atoms with Crippen LogP contribution in [0.2, 0.25) is 0 Å². The zero-order valence-electron chi connectivity index (χ0n) is 9.33. The summed E-state index contributed by atoms with van der Waals surface area (Å²) in [5.74, 6) is -1.76. The summed E-state index contributed by atoms with van der Waals surface area (Å²) in [6, 6.07) is 3.00. The minimum atomic E-state index is -0.689. The molecule has 92 valence electrons. The standard InChI is InChI=1S/C12H14F2N2O/c13-8-1-2-11(14)10(7-8)12(17)16-5-3-9(15)4-6-16/h1-2,7,9H,3-6,15H2. The van der Waals surface area contributed by atoms with Crippen LogP contribution in [0.25, 0.3) is 0 Å². The smallest absolute Gasteiger partial charge is 0.256 e. The number of amides is 1. The van der Waals surface area contributed by atoms with Crippen LogP contribution in [-0.2, 0) is 0 Å². The Hall–Kier alpha value is -1.49. The second-order valence-electron chi connectivity index (χ2n) is 4.25. The van der Waals surface area contributed by atoms with Gasteiger partial charge in [-0.2, -0.15) is 0 Å². The van der Waals surface area contributed by atoms with Gasteiger partial charge in [0, 0.05) is 19.1 Å². The first-order valence-corrected chi connectivity index (χ1v) is 5.58. The van der Waals surface area contributed by atoms with Gasteiger partial charge in [0.15, 0.2) is 0 Å². The van der Waals surface area contributed by atoms with E-state index >= 15 is 0 Å². The molecule has 17 heavy (non-hydrogen) atoms. The van der Waals surface area contributed by atoms with E-state index in [0.717, 1.165) is 18.2 Å². The number of benzene rings is 1. The van der Waals surface area contributed by atoms with Crippen molar-refractivity contribution in [2.24, 2.45) is 5.73 Å². The van der Waals surface area contributed by atoms with Crippen molar-refractivity contribution in [1.29, 1.82) is 0 Å². The van der Waals surface area contributed by atoms with Crippen LogP contribution in [0.5, 0.6) is 0 Å². The van der Waals surface area contributed by atoms with Crippen molar-refractivity contribution in [1.82, 2.24) is 4.90 Å². The van der Waals surface area contributed by atoms with Gasteiger partial charge < -0.3 is 10.6 Å². The number of rotatable bonds is 1. The number of carbonyl (C=O) groups is 1. The van der Waals surface area contributed by atoms with E-state index in [-0.39, 0.29) is 11.6 Å². The second kappa shape index (κ2) is 4.79. The summed E-state index contributed by atoms with van der Waals surface area (Å²) in [7, 11) is 0. The van der Waals surface area contributed by atoms with Crippen molar-refractivity contribution in [3.8, 4) is 0 Å². The first-order chi connectivity index (χ1) is 8.08. The Balaban J connectivity index is 2.16. The Bertz CT molecular complexity index is 429. The van der Waals surface area contributed by atoms with E-state index in [0.29, 0.717) is 25.9 Å². The minimum Gasteiger partial charge on any atom is -0.338 e. The van der Waals surface area contributed by atoms with E-state index < -0.39 is 17.5 Å². The van der Waals surface area contributed by atoms with Crippen molar-refractivity contribution < 1.29 is 13.6 Å². The summed E-state index contributed by atoms with van der Waals surface area (Å²) in [6.45, 7) is 0.992. The molecule has 1 amide bonds.